The number of hydrogen-bond donors (Lipinski definition) is 5. The number of aliphatic hydroxyl groups excluding tert-OH is 5. The lowest BCUT2D eigenvalue weighted by Crippen LogP contribution is -2.60. The molecule has 9 atom stereocenters. The number of hydrogen-bond acceptors (Lipinski definition) is 10. The number of rotatable bonds is 5. The molecule has 0 spiro atoms. The number of carbonyl (C=O) groups excluding carboxylic acids is 1. The van der Waals surface area contributed by atoms with E-state index in [1.165, 1.54) is 6.26 Å². The quantitative estimate of drug-likeness (QED) is 0.374. The van der Waals surface area contributed by atoms with Gasteiger partial charge in [0.15, 0.2) is 12.1 Å². The Balaban J connectivity index is 1.45. The molecule has 10 nitrogen and oxygen atoms in total. The topological polar surface area (TPSA) is 155 Å². The van der Waals surface area contributed by atoms with E-state index in [1.54, 1.807) is 31.4 Å². The molecule has 1 aliphatic carbocycles. The summed E-state index contributed by atoms with van der Waals surface area (Å²) in [6.45, 7) is -0.570. The number of methoxy groups -OCH3 is 1. The van der Waals surface area contributed by atoms with E-state index in [9.17, 15) is 30.3 Å². The van der Waals surface area contributed by atoms with Crippen molar-refractivity contribution in [3.63, 3.8) is 0 Å². The van der Waals surface area contributed by atoms with Gasteiger partial charge in [0.05, 0.1) is 43.7 Å². The van der Waals surface area contributed by atoms with Gasteiger partial charge in [0.1, 0.15) is 36.3 Å². The fourth-order valence-electron chi connectivity index (χ4n) is 4.50. The average Bonchev–Trinajstić information content (AvgIpc) is 2.79. The van der Waals surface area contributed by atoms with E-state index in [2.05, 4.69) is 0 Å². The molecule has 3 aliphatic rings. The normalized spacial score (nSPS) is 39.6. The number of carbonyl (C=O) groups is 1. The molecular formula is C22H28O10. The maximum absolute atomic E-state index is 13.1. The van der Waals surface area contributed by atoms with Crippen molar-refractivity contribution in [2.45, 2.75) is 61.9 Å². The van der Waals surface area contributed by atoms with Gasteiger partial charge in [-0.3, -0.25) is 4.79 Å². The number of ether oxygens (including phenoxy) is 4. The lowest BCUT2D eigenvalue weighted by Gasteiger charge is -2.44. The summed E-state index contributed by atoms with van der Waals surface area (Å²) in [7, 11) is 1.55. The smallest absolute Gasteiger partial charge is 0.186 e. The highest BCUT2D eigenvalue weighted by Crippen LogP contribution is 2.38. The molecule has 6 unspecified atom stereocenters. The molecule has 2 fully saturated rings. The van der Waals surface area contributed by atoms with Crippen molar-refractivity contribution in [2.24, 2.45) is 5.92 Å². The van der Waals surface area contributed by atoms with Crippen molar-refractivity contribution in [2.75, 3.05) is 13.7 Å². The van der Waals surface area contributed by atoms with Gasteiger partial charge in [0, 0.05) is 12.8 Å². The maximum atomic E-state index is 13.1. The van der Waals surface area contributed by atoms with Crippen LogP contribution in [0.5, 0.6) is 5.75 Å². The summed E-state index contributed by atoms with van der Waals surface area (Å²) in [6.07, 6.45) is -7.63. The number of aliphatic hydroxyl groups is 5. The minimum Gasteiger partial charge on any atom is -0.497 e. The predicted molar refractivity (Wildman–Crippen MR) is 108 cm³/mol. The molecule has 0 radical (unpaired) electrons. The van der Waals surface area contributed by atoms with E-state index < -0.39 is 61.5 Å². The zero-order valence-corrected chi connectivity index (χ0v) is 17.5. The van der Waals surface area contributed by atoms with Crippen LogP contribution in [0.2, 0.25) is 0 Å². The van der Waals surface area contributed by atoms with Gasteiger partial charge in [-0.25, -0.2) is 0 Å². The lowest BCUT2D eigenvalue weighted by atomic mass is 9.76. The summed E-state index contributed by atoms with van der Waals surface area (Å²) in [5.74, 6) is -0.348. The van der Waals surface area contributed by atoms with Crippen molar-refractivity contribution in [1.82, 2.24) is 0 Å². The van der Waals surface area contributed by atoms with Gasteiger partial charge < -0.3 is 44.5 Å². The Morgan fingerprint density at radius 2 is 1.75 bits per heavy atom. The fourth-order valence-corrected chi connectivity index (χ4v) is 4.50. The monoisotopic (exact) mass is 452 g/mol. The van der Waals surface area contributed by atoms with E-state index in [1.807, 2.05) is 0 Å². The minimum absolute atomic E-state index is 0.0845. The Kier molecular flexibility index (Phi) is 6.82. The first-order valence-electron chi connectivity index (χ1n) is 10.5. The van der Waals surface area contributed by atoms with Crippen molar-refractivity contribution in [1.29, 1.82) is 0 Å². The molecule has 32 heavy (non-hydrogen) atoms. The van der Waals surface area contributed by atoms with E-state index >= 15 is 0 Å². The first-order chi connectivity index (χ1) is 15.3. The summed E-state index contributed by atoms with van der Waals surface area (Å²) < 4.78 is 22.0. The molecule has 10 heteroatoms. The van der Waals surface area contributed by atoms with Gasteiger partial charge in [0.25, 0.3) is 0 Å². The van der Waals surface area contributed by atoms with Crippen LogP contribution in [0.3, 0.4) is 0 Å². The SMILES string of the molecule is COc1ccc(C2=COC3CC(O[C@@H]4OC(CO)[C@@H](O)[C@@H](O)C4O)CC(O)C3C2=O)cc1. The summed E-state index contributed by atoms with van der Waals surface area (Å²) in [5.41, 5.74) is 1.02. The van der Waals surface area contributed by atoms with Crippen LogP contribution in [0, 0.1) is 5.92 Å². The second-order valence-electron chi connectivity index (χ2n) is 8.32. The van der Waals surface area contributed by atoms with E-state index in [0.717, 1.165) is 0 Å². The first kappa shape index (κ1) is 23.1. The molecular weight excluding hydrogens is 424 g/mol. The van der Waals surface area contributed by atoms with Crippen LogP contribution in [-0.2, 0) is 19.0 Å². The number of ketones is 1. The predicted octanol–water partition coefficient (Wildman–Crippen LogP) is -1.04. The highest BCUT2D eigenvalue weighted by molar-refractivity contribution is 6.22. The van der Waals surface area contributed by atoms with Crippen molar-refractivity contribution >= 4 is 11.4 Å². The zero-order chi connectivity index (χ0) is 23.0. The third-order valence-electron chi connectivity index (χ3n) is 6.32. The Hall–Kier alpha value is -2.05. The maximum Gasteiger partial charge on any atom is 0.186 e. The van der Waals surface area contributed by atoms with Gasteiger partial charge in [-0.05, 0) is 17.7 Å². The fraction of sp³-hybridized carbons (Fsp3) is 0.591. The highest BCUT2D eigenvalue weighted by Gasteiger charge is 2.49. The number of allylic oxidation sites excluding steroid dienone is 1. The molecule has 2 aliphatic heterocycles. The van der Waals surface area contributed by atoms with Crippen LogP contribution in [0.25, 0.3) is 5.57 Å². The van der Waals surface area contributed by atoms with Crippen molar-refractivity contribution in [3.8, 4) is 5.75 Å². The molecule has 5 N–H and O–H groups in total. The second kappa shape index (κ2) is 9.44. The molecule has 0 bridgehead atoms. The van der Waals surface area contributed by atoms with Crippen molar-refractivity contribution in [3.05, 3.63) is 36.1 Å². The third kappa shape index (κ3) is 4.27. The largest absolute Gasteiger partial charge is 0.497 e. The minimum atomic E-state index is -1.56. The van der Waals surface area contributed by atoms with Crippen LogP contribution in [0.15, 0.2) is 30.5 Å². The van der Waals surface area contributed by atoms with Gasteiger partial charge >= 0.3 is 0 Å². The Bertz CT molecular complexity index is 838. The average molecular weight is 452 g/mol. The van der Waals surface area contributed by atoms with Gasteiger partial charge in [-0.1, -0.05) is 12.1 Å². The molecule has 1 saturated carbocycles. The van der Waals surface area contributed by atoms with Crippen LogP contribution >= 0.6 is 0 Å². The number of fused-ring (bicyclic) bond motifs is 1. The molecule has 176 valence electrons. The van der Waals surface area contributed by atoms with Gasteiger partial charge in [-0.2, -0.15) is 0 Å². The number of Topliss-reactive ketones (excluding diaryl/α,β-unsaturated/α-hetero) is 1. The Morgan fingerprint density at radius 3 is 2.41 bits per heavy atom. The Labute approximate surface area is 184 Å². The molecule has 0 aromatic heterocycles. The summed E-state index contributed by atoms with van der Waals surface area (Å²) in [4.78, 5) is 13.1. The van der Waals surface area contributed by atoms with E-state index in [4.69, 9.17) is 18.9 Å². The lowest BCUT2D eigenvalue weighted by molar-refractivity contribution is -0.316. The van der Waals surface area contributed by atoms with Crippen LogP contribution < -0.4 is 4.74 Å². The molecule has 1 aromatic rings. The van der Waals surface area contributed by atoms with Crippen LogP contribution in [0.4, 0.5) is 0 Å². The molecule has 1 saturated heterocycles. The molecule has 4 rings (SSSR count). The summed E-state index contributed by atoms with van der Waals surface area (Å²) >= 11 is 0. The summed E-state index contributed by atoms with van der Waals surface area (Å²) in [6, 6.07) is 6.95. The molecule has 0 amide bonds. The van der Waals surface area contributed by atoms with Crippen molar-refractivity contribution < 1.29 is 49.3 Å². The van der Waals surface area contributed by atoms with Gasteiger partial charge in [-0.15, -0.1) is 0 Å². The van der Waals surface area contributed by atoms with Crippen LogP contribution in [0.1, 0.15) is 18.4 Å². The zero-order valence-electron chi connectivity index (χ0n) is 17.5. The van der Waals surface area contributed by atoms with E-state index in [0.29, 0.717) is 16.9 Å². The van der Waals surface area contributed by atoms with Gasteiger partial charge in [0.2, 0.25) is 0 Å². The van der Waals surface area contributed by atoms with E-state index in [-0.39, 0.29) is 18.6 Å². The molecule has 2 heterocycles. The van der Waals surface area contributed by atoms with Crippen LogP contribution in [-0.4, -0.2) is 94.1 Å². The summed E-state index contributed by atoms with van der Waals surface area (Å²) in [5, 5.41) is 50.1. The molecule has 1 aromatic carbocycles. The number of benzene rings is 1. The second-order valence-corrected chi connectivity index (χ2v) is 8.32. The standard InChI is InChI=1S/C22H28O10/c1-29-11-4-2-10(3-5-11)13-9-30-15-7-12(6-14(24)17(15)18(13)25)31-22-21(28)20(27)19(26)16(8-23)32-22/h2-5,9,12,14-17,19-24,26-28H,6-8H2,1H3/t12?,14?,15?,16?,17?,19-,20-,21?,22-/m1/s1. The third-order valence-corrected chi connectivity index (χ3v) is 6.32. The first-order valence-corrected chi connectivity index (χ1v) is 10.5. The Morgan fingerprint density at radius 1 is 1.03 bits per heavy atom. The highest BCUT2D eigenvalue weighted by atomic mass is 16.7.